The topological polar surface area (TPSA) is 453 Å². The number of benzene rings is 1. The number of aromatic hydroxyl groups is 1. The summed E-state index contributed by atoms with van der Waals surface area (Å²) in [6.07, 6.45) is 4.49. The molecule has 4 aliphatic heterocycles. The summed E-state index contributed by atoms with van der Waals surface area (Å²) in [5.74, 6) is -9.74. The maximum Gasteiger partial charge on any atom is 0.326 e. The zero-order chi connectivity index (χ0) is 66.7. The van der Waals surface area contributed by atoms with Gasteiger partial charge in [-0.2, -0.15) is 11.8 Å². The molecule has 12 atom stereocenters. The van der Waals surface area contributed by atoms with Crippen molar-refractivity contribution >= 4 is 88.7 Å². The molecule has 0 radical (unpaired) electrons. The number of aliphatic carboxylic acids is 1. The van der Waals surface area contributed by atoms with Crippen LogP contribution < -0.4 is 54.4 Å². The number of likely N-dealkylation sites (tertiary alicyclic amines) is 4. The third-order valence-electron chi connectivity index (χ3n) is 16.6. The van der Waals surface area contributed by atoms with Crippen molar-refractivity contribution in [3.63, 3.8) is 0 Å². The minimum atomic E-state index is -1.66. The fourth-order valence-electron chi connectivity index (χ4n) is 11.5. The summed E-state index contributed by atoms with van der Waals surface area (Å²) in [6.45, 7) is 9.50. The molecule has 90 heavy (non-hydrogen) atoms. The number of nitrogens with two attached hydrogens (primary N) is 3. The van der Waals surface area contributed by atoms with Crippen LogP contribution in [-0.4, -0.2) is 236 Å². The fraction of sp³-hybridized carbons (Fsp3) is 0.678. The molecule has 500 valence electrons. The van der Waals surface area contributed by atoms with Crippen molar-refractivity contribution in [1.82, 2.24) is 56.8 Å². The number of aliphatic imine (C=N–C) groups is 1. The molecule has 4 heterocycles. The molecule has 5 rings (SSSR count). The van der Waals surface area contributed by atoms with E-state index in [0.29, 0.717) is 43.4 Å². The SMILES string of the molecule is CSCC[C@H](NC(=O)[C@@H](NC(=O)[C@H](Cc1ccc(O)cc1)NC(=O)[C@@H]1CCCN1C(=O)[C@@H]1CCCN1C(=O)[C@@H]1CCCN1C(=O)[C@@H](NC(=O)[C@H](C)NC(=O)[C@H](C)N)C(C)C)C(C)C)C(=O)N[C@@H](CO)C(=O)N[C@@H](CCCN=C(N)N)C(=O)N1CCC[C@H]1C(=O)O. The van der Waals surface area contributed by atoms with Crippen LogP contribution in [0.3, 0.4) is 0 Å². The molecule has 0 saturated carbocycles. The van der Waals surface area contributed by atoms with Crippen LogP contribution in [-0.2, 0) is 64.0 Å². The first-order valence-corrected chi connectivity index (χ1v) is 32.3. The van der Waals surface area contributed by atoms with Crippen molar-refractivity contribution in [1.29, 1.82) is 0 Å². The summed E-state index contributed by atoms with van der Waals surface area (Å²) in [5.41, 5.74) is 17.1. The Balaban J connectivity index is 1.29. The lowest BCUT2D eigenvalue weighted by molar-refractivity contribution is -0.151. The number of phenols is 1. The zero-order valence-corrected chi connectivity index (χ0v) is 53.3. The molecular formula is C59H93N15O15S. The highest BCUT2D eigenvalue weighted by Crippen LogP contribution is 2.30. The first-order valence-electron chi connectivity index (χ1n) is 30.9. The van der Waals surface area contributed by atoms with Crippen molar-refractivity contribution in [3.8, 4) is 5.75 Å². The lowest BCUT2D eigenvalue weighted by Crippen LogP contribution is -2.61. The second kappa shape index (κ2) is 34.4. The molecule has 0 aliphatic carbocycles. The number of carboxylic acid groups (broad SMARTS) is 1. The van der Waals surface area contributed by atoms with Gasteiger partial charge < -0.3 is 89.3 Å². The summed E-state index contributed by atoms with van der Waals surface area (Å²) >= 11 is 1.34. The first kappa shape index (κ1) is 72.9. The standard InChI is InChI=1S/C59H93N15O15S/c1-31(2)45(53(83)65-37(22-28-90-7)49(79)68-40(30-75)51(81)66-38(13-8-23-63-59(61)62)54(84)74-27-12-17-44(74)58(88)89)69-50(80)39(29-35-18-20-36(76)21-19-35)67-52(82)41-14-9-24-71(41)55(85)42-15-10-25-72(42)56(86)43-16-11-26-73(43)57(87)46(32(3)4)70-48(78)34(6)64-47(77)33(5)60/h18-21,31-34,37-46,75-76H,8-17,22-30,60H2,1-7H3,(H,64,77)(H,65,83)(H,66,81)(H,67,82)(H,68,79)(H,69,80)(H,70,78)(H,88,89)(H4,61,62,63)/t33-,34-,37-,38-,39-,40-,41-,42-,43-,44-,45-,46-/m0/s1. The summed E-state index contributed by atoms with van der Waals surface area (Å²) in [7, 11) is 0. The minimum absolute atomic E-state index is 0.00918. The molecule has 0 aromatic heterocycles. The molecule has 4 aliphatic rings. The van der Waals surface area contributed by atoms with Gasteiger partial charge in [0.25, 0.3) is 0 Å². The lowest BCUT2D eigenvalue weighted by atomic mass is 10.00. The summed E-state index contributed by atoms with van der Waals surface area (Å²) in [4.78, 5) is 175. The number of aliphatic hydroxyl groups is 1. The Kier molecular flexibility index (Phi) is 27.9. The van der Waals surface area contributed by atoms with Gasteiger partial charge in [-0.3, -0.25) is 57.7 Å². The number of amides is 11. The van der Waals surface area contributed by atoms with Crippen LogP contribution in [0.1, 0.15) is 118 Å². The monoisotopic (exact) mass is 1280 g/mol. The average Bonchev–Trinajstić information content (AvgIpc) is 1.90. The Labute approximate surface area is 528 Å². The number of nitrogens with zero attached hydrogens (tertiary/aromatic N) is 5. The predicted molar refractivity (Wildman–Crippen MR) is 331 cm³/mol. The van der Waals surface area contributed by atoms with Gasteiger partial charge in [-0.1, -0.05) is 39.8 Å². The zero-order valence-electron chi connectivity index (χ0n) is 52.4. The van der Waals surface area contributed by atoms with Crippen molar-refractivity contribution < 1.29 is 72.9 Å². The van der Waals surface area contributed by atoms with E-state index in [1.54, 1.807) is 46.1 Å². The molecule has 11 amide bonds. The number of guanidine groups is 1. The largest absolute Gasteiger partial charge is 0.508 e. The van der Waals surface area contributed by atoms with Crippen LogP contribution in [0.15, 0.2) is 29.3 Å². The van der Waals surface area contributed by atoms with Gasteiger partial charge in [-0.15, -0.1) is 0 Å². The van der Waals surface area contributed by atoms with Gasteiger partial charge in [0.2, 0.25) is 65.0 Å². The highest BCUT2D eigenvalue weighted by Gasteiger charge is 2.48. The van der Waals surface area contributed by atoms with Gasteiger partial charge in [0.05, 0.1) is 12.6 Å². The number of nitrogens with one attached hydrogen (secondary N) is 7. The van der Waals surface area contributed by atoms with Crippen molar-refractivity contribution in [2.45, 2.75) is 191 Å². The lowest BCUT2D eigenvalue weighted by Gasteiger charge is -2.35. The molecule has 31 heteroatoms. The van der Waals surface area contributed by atoms with Crippen LogP contribution in [0.25, 0.3) is 0 Å². The van der Waals surface area contributed by atoms with Crippen LogP contribution in [0.5, 0.6) is 5.75 Å². The predicted octanol–water partition coefficient (Wildman–Crippen LogP) is -3.15. The quantitative estimate of drug-likeness (QED) is 0.0198. The van der Waals surface area contributed by atoms with E-state index in [0.717, 1.165) is 4.90 Å². The van der Waals surface area contributed by atoms with Gasteiger partial charge in [0.1, 0.15) is 72.2 Å². The second-order valence-electron chi connectivity index (χ2n) is 24.1. The number of carbonyl (C=O) groups excluding carboxylic acids is 11. The second-order valence-corrected chi connectivity index (χ2v) is 25.1. The fourth-order valence-corrected chi connectivity index (χ4v) is 12.0. The number of thioether (sulfide) groups is 1. The molecular weight excluding hydrogens is 1190 g/mol. The minimum Gasteiger partial charge on any atom is -0.508 e. The summed E-state index contributed by atoms with van der Waals surface area (Å²) < 4.78 is 0. The Hall–Kier alpha value is -7.80. The van der Waals surface area contributed by atoms with Crippen LogP contribution in [0, 0.1) is 11.8 Å². The Morgan fingerprint density at radius 3 is 1.60 bits per heavy atom. The van der Waals surface area contributed by atoms with Crippen molar-refractivity contribution in [2.75, 3.05) is 51.3 Å². The molecule has 0 spiro atoms. The molecule has 16 N–H and O–H groups in total. The molecule has 1 aromatic rings. The molecule has 0 unspecified atom stereocenters. The van der Waals surface area contributed by atoms with Crippen LogP contribution in [0.2, 0.25) is 0 Å². The highest BCUT2D eigenvalue weighted by molar-refractivity contribution is 7.98. The summed E-state index contributed by atoms with van der Waals surface area (Å²) in [6, 6.07) is -8.25. The highest BCUT2D eigenvalue weighted by atomic mass is 32.2. The van der Waals surface area contributed by atoms with Crippen LogP contribution >= 0.6 is 11.8 Å². The third-order valence-corrected chi connectivity index (χ3v) is 17.2. The molecule has 4 saturated heterocycles. The number of carbonyl (C=O) groups is 12. The van der Waals surface area contributed by atoms with E-state index in [-0.39, 0.29) is 89.4 Å². The van der Waals surface area contributed by atoms with Crippen molar-refractivity contribution in [2.24, 2.45) is 34.0 Å². The van der Waals surface area contributed by atoms with Crippen molar-refractivity contribution in [3.05, 3.63) is 29.8 Å². The van der Waals surface area contributed by atoms with Gasteiger partial charge in [-0.25, -0.2) is 4.79 Å². The van der Waals surface area contributed by atoms with E-state index in [4.69, 9.17) is 17.2 Å². The number of aliphatic hydroxyl groups excluding tert-OH is 1. The summed E-state index contributed by atoms with van der Waals surface area (Å²) in [5, 5.41) is 48.7. The van der Waals surface area contributed by atoms with Crippen LogP contribution in [0.4, 0.5) is 0 Å². The van der Waals surface area contributed by atoms with E-state index < -0.39 is 162 Å². The number of rotatable bonds is 31. The molecule has 1 aromatic carbocycles. The molecule has 0 bridgehead atoms. The van der Waals surface area contributed by atoms with Gasteiger partial charge in [0.15, 0.2) is 5.96 Å². The van der Waals surface area contributed by atoms with E-state index in [1.807, 2.05) is 0 Å². The maximum atomic E-state index is 14.7. The van der Waals surface area contributed by atoms with Gasteiger partial charge >= 0.3 is 5.97 Å². The van der Waals surface area contributed by atoms with E-state index >= 15 is 0 Å². The normalized spacial score (nSPS) is 20.8. The van der Waals surface area contributed by atoms with Gasteiger partial charge in [0, 0.05) is 39.1 Å². The van der Waals surface area contributed by atoms with E-state index in [9.17, 15) is 72.9 Å². The smallest absolute Gasteiger partial charge is 0.326 e. The Bertz CT molecular complexity index is 2770. The van der Waals surface area contributed by atoms with E-state index in [1.165, 1.54) is 52.4 Å². The number of carboxylic acids is 1. The maximum absolute atomic E-state index is 14.7. The number of phenolic OH excluding ortho intramolecular Hbond substituents is 1. The molecule has 30 nitrogen and oxygen atoms in total. The number of hydrogen-bond donors (Lipinski definition) is 13. The average molecular weight is 1280 g/mol. The Morgan fingerprint density at radius 2 is 1.06 bits per heavy atom. The van der Waals surface area contributed by atoms with Gasteiger partial charge in [-0.05, 0) is 126 Å². The third kappa shape index (κ3) is 19.8. The molecule has 4 fully saturated rings. The number of hydrogen-bond acceptors (Lipinski definition) is 17. The first-order chi connectivity index (χ1) is 42.6. The van der Waals surface area contributed by atoms with E-state index in [2.05, 4.69) is 42.2 Å². The Morgan fingerprint density at radius 1 is 0.567 bits per heavy atom.